The van der Waals surface area contributed by atoms with Gasteiger partial charge in [0.1, 0.15) is 5.70 Å². The van der Waals surface area contributed by atoms with E-state index in [9.17, 15) is 13.2 Å². The lowest BCUT2D eigenvalue weighted by Crippen LogP contribution is -2.32. The standard InChI is InChI=1S/C16H18N4O3S3/c1-20(6-5-17-26(2,22)23)11-4-3-10-7-12(25-14(10)8-11)9-13-15(21)19-16(24)18-13/h3-4,7-9,17H,5-6H2,1-2H3,(H2,18,19,21,24)/b13-9-. The number of thiocarbonyl (C=S) groups is 1. The molecule has 138 valence electrons. The largest absolute Gasteiger partial charge is 0.373 e. The topological polar surface area (TPSA) is 90.5 Å². The molecule has 0 bridgehead atoms. The Morgan fingerprint density at radius 3 is 2.73 bits per heavy atom. The third-order valence-corrected chi connectivity index (χ3v) is 5.76. The van der Waals surface area contributed by atoms with Gasteiger partial charge in [-0.2, -0.15) is 0 Å². The molecule has 0 aliphatic carbocycles. The Labute approximate surface area is 161 Å². The number of likely N-dealkylation sites (N-methyl/N-ethyl adjacent to an activating group) is 1. The molecule has 7 nitrogen and oxygen atoms in total. The Kier molecular flexibility index (Phi) is 5.28. The molecule has 10 heteroatoms. The normalized spacial score (nSPS) is 16.2. The fourth-order valence-electron chi connectivity index (χ4n) is 2.50. The highest BCUT2D eigenvalue weighted by Gasteiger charge is 2.20. The number of anilines is 1. The van der Waals surface area contributed by atoms with Gasteiger partial charge in [-0.15, -0.1) is 11.3 Å². The number of sulfonamides is 1. The van der Waals surface area contributed by atoms with Gasteiger partial charge in [-0.05, 0) is 41.9 Å². The van der Waals surface area contributed by atoms with E-state index in [0.29, 0.717) is 23.9 Å². The summed E-state index contributed by atoms with van der Waals surface area (Å²) in [6, 6.07) is 8.06. The first-order valence-corrected chi connectivity index (χ1v) is 10.9. The summed E-state index contributed by atoms with van der Waals surface area (Å²) < 4.78 is 25.8. The maximum absolute atomic E-state index is 11.7. The first-order chi connectivity index (χ1) is 12.2. The van der Waals surface area contributed by atoms with Crippen LogP contribution in [0.15, 0.2) is 30.0 Å². The van der Waals surface area contributed by atoms with Gasteiger partial charge < -0.3 is 10.2 Å². The van der Waals surface area contributed by atoms with Gasteiger partial charge in [0, 0.05) is 35.4 Å². The van der Waals surface area contributed by atoms with E-state index in [-0.39, 0.29) is 5.91 Å². The first kappa shape index (κ1) is 18.8. The molecule has 2 heterocycles. The van der Waals surface area contributed by atoms with Crippen LogP contribution in [-0.4, -0.2) is 45.8 Å². The van der Waals surface area contributed by atoms with Crippen molar-refractivity contribution in [2.45, 2.75) is 0 Å². The summed E-state index contributed by atoms with van der Waals surface area (Å²) in [4.78, 5) is 14.7. The summed E-state index contributed by atoms with van der Waals surface area (Å²) in [7, 11) is -1.27. The molecule has 1 aliphatic heterocycles. The summed E-state index contributed by atoms with van der Waals surface area (Å²) in [6.07, 6.45) is 2.92. The van der Waals surface area contributed by atoms with E-state index in [1.54, 1.807) is 17.4 Å². The van der Waals surface area contributed by atoms with Crippen LogP contribution in [0, 0.1) is 0 Å². The predicted octanol–water partition coefficient (Wildman–Crippen LogP) is 1.23. The summed E-state index contributed by atoms with van der Waals surface area (Å²) in [5, 5.41) is 6.76. The molecule has 3 rings (SSSR count). The van der Waals surface area contributed by atoms with Crippen molar-refractivity contribution in [1.82, 2.24) is 15.4 Å². The number of carbonyl (C=O) groups excluding carboxylic acids is 1. The number of benzene rings is 1. The Morgan fingerprint density at radius 2 is 2.08 bits per heavy atom. The van der Waals surface area contributed by atoms with Gasteiger partial charge in [0.05, 0.1) is 6.26 Å². The van der Waals surface area contributed by atoms with Gasteiger partial charge in [-0.3, -0.25) is 10.1 Å². The maximum Gasteiger partial charge on any atom is 0.273 e. The van der Waals surface area contributed by atoms with E-state index in [0.717, 1.165) is 26.9 Å². The molecule has 0 spiro atoms. The van der Waals surface area contributed by atoms with Crippen LogP contribution in [0.3, 0.4) is 0 Å². The minimum Gasteiger partial charge on any atom is -0.373 e. The number of nitrogens with one attached hydrogen (secondary N) is 3. The molecule has 0 saturated carbocycles. The molecule has 0 atom stereocenters. The molecule has 1 aromatic heterocycles. The highest BCUT2D eigenvalue weighted by Crippen LogP contribution is 2.30. The van der Waals surface area contributed by atoms with Crippen LogP contribution in [0.1, 0.15) is 4.88 Å². The van der Waals surface area contributed by atoms with Crippen molar-refractivity contribution in [2.75, 3.05) is 31.3 Å². The molecular weight excluding hydrogens is 392 g/mol. The Bertz CT molecular complexity index is 1010. The lowest BCUT2D eigenvalue weighted by atomic mass is 10.2. The molecule has 1 saturated heterocycles. The van der Waals surface area contributed by atoms with Crippen LogP contribution >= 0.6 is 23.6 Å². The lowest BCUT2D eigenvalue weighted by Gasteiger charge is -2.19. The zero-order valence-electron chi connectivity index (χ0n) is 14.2. The van der Waals surface area contributed by atoms with Crippen molar-refractivity contribution in [3.63, 3.8) is 0 Å². The number of thiophene rings is 1. The molecule has 1 amide bonds. The van der Waals surface area contributed by atoms with Gasteiger partial charge in [0.25, 0.3) is 5.91 Å². The van der Waals surface area contributed by atoms with Gasteiger partial charge in [0.2, 0.25) is 10.0 Å². The van der Waals surface area contributed by atoms with Gasteiger partial charge in [-0.25, -0.2) is 13.1 Å². The minimum absolute atomic E-state index is 0.230. The fraction of sp³-hybridized carbons (Fsp3) is 0.250. The number of fused-ring (bicyclic) bond motifs is 1. The molecule has 3 N–H and O–H groups in total. The van der Waals surface area contributed by atoms with Crippen molar-refractivity contribution in [2.24, 2.45) is 0 Å². The summed E-state index contributed by atoms with van der Waals surface area (Å²) in [5.74, 6) is -0.230. The highest BCUT2D eigenvalue weighted by atomic mass is 32.2. The van der Waals surface area contributed by atoms with Crippen molar-refractivity contribution in [1.29, 1.82) is 0 Å². The zero-order chi connectivity index (χ0) is 18.9. The fourth-order valence-corrected chi connectivity index (χ4v) is 4.21. The zero-order valence-corrected chi connectivity index (χ0v) is 16.6. The number of nitrogens with zero attached hydrogens (tertiary/aromatic N) is 1. The van der Waals surface area contributed by atoms with E-state index in [1.165, 1.54) is 0 Å². The summed E-state index contributed by atoms with van der Waals surface area (Å²) in [6.45, 7) is 0.901. The molecule has 1 fully saturated rings. The third-order valence-electron chi connectivity index (χ3n) is 3.78. The Morgan fingerprint density at radius 1 is 1.31 bits per heavy atom. The van der Waals surface area contributed by atoms with Crippen molar-refractivity contribution >= 4 is 66.4 Å². The van der Waals surface area contributed by atoms with Crippen LogP contribution in [0.2, 0.25) is 0 Å². The van der Waals surface area contributed by atoms with E-state index >= 15 is 0 Å². The van der Waals surface area contributed by atoms with Gasteiger partial charge in [0.15, 0.2) is 5.11 Å². The van der Waals surface area contributed by atoms with Crippen LogP contribution in [0.5, 0.6) is 0 Å². The highest BCUT2D eigenvalue weighted by molar-refractivity contribution is 7.88. The van der Waals surface area contributed by atoms with Gasteiger partial charge >= 0.3 is 0 Å². The van der Waals surface area contributed by atoms with Crippen LogP contribution in [-0.2, 0) is 14.8 Å². The monoisotopic (exact) mass is 410 g/mol. The average Bonchev–Trinajstić information content (AvgIpc) is 3.07. The molecule has 0 radical (unpaired) electrons. The van der Waals surface area contributed by atoms with Crippen molar-refractivity contribution in [3.8, 4) is 0 Å². The molecular formula is C16H18N4O3S3. The second-order valence-electron chi connectivity index (χ2n) is 5.93. The van der Waals surface area contributed by atoms with Crippen molar-refractivity contribution in [3.05, 3.63) is 34.8 Å². The molecule has 2 aromatic rings. The lowest BCUT2D eigenvalue weighted by molar-refractivity contribution is -0.115. The molecule has 1 aliphatic rings. The van der Waals surface area contributed by atoms with E-state index in [2.05, 4.69) is 21.4 Å². The number of rotatable bonds is 6. The first-order valence-electron chi connectivity index (χ1n) is 7.75. The average molecular weight is 411 g/mol. The van der Waals surface area contributed by atoms with E-state index < -0.39 is 10.0 Å². The molecule has 1 aromatic carbocycles. The van der Waals surface area contributed by atoms with E-state index in [4.69, 9.17) is 12.2 Å². The van der Waals surface area contributed by atoms with Crippen LogP contribution in [0.25, 0.3) is 16.2 Å². The van der Waals surface area contributed by atoms with Gasteiger partial charge in [-0.1, -0.05) is 6.07 Å². The smallest absolute Gasteiger partial charge is 0.273 e. The number of hydrogen-bond donors (Lipinski definition) is 3. The summed E-state index contributed by atoms with van der Waals surface area (Å²) in [5.41, 5.74) is 1.43. The molecule has 0 unspecified atom stereocenters. The van der Waals surface area contributed by atoms with Crippen LogP contribution < -0.4 is 20.3 Å². The quantitative estimate of drug-likeness (QED) is 0.490. The minimum atomic E-state index is -3.18. The van der Waals surface area contributed by atoms with Crippen molar-refractivity contribution < 1.29 is 13.2 Å². The number of amides is 1. The Balaban J connectivity index is 1.76. The second kappa shape index (κ2) is 7.31. The number of hydrogen-bond acceptors (Lipinski definition) is 6. The second-order valence-corrected chi connectivity index (χ2v) is 9.28. The third kappa shape index (κ3) is 4.58. The number of carbonyl (C=O) groups is 1. The van der Waals surface area contributed by atoms with Crippen LogP contribution in [0.4, 0.5) is 5.69 Å². The molecule has 26 heavy (non-hydrogen) atoms. The SMILES string of the molecule is CN(CCNS(C)(=O)=O)c1ccc2cc(/C=C3\NC(=S)NC3=O)sc2c1. The van der Waals surface area contributed by atoms with E-state index in [1.807, 2.05) is 30.1 Å². The Hall–Kier alpha value is -2.01. The predicted molar refractivity (Wildman–Crippen MR) is 110 cm³/mol. The summed E-state index contributed by atoms with van der Waals surface area (Å²) >= 11 is 6.50. The maximum atomic E-state index is 11.7.